The Bertz CT molecular complexity index is 889. The van der Waals surface area contributed by atoms with Crippen molar-refractivity contribution in [1.82, 2.24) is 0 Å². The molecule has 3 rings (SSSR count). The van der Waals surface area contributed by atoms with Crippen LogP contribution in [0.4, 0.5) is 0 Å². The molecule has 0 spiro atoms. The quantitative estimate of drug-likeness (QED) is 0.380. The Morgan fingerprint density at radius 3 is 2.48 bits per heavy atom. The van der Waals surface area contributed by atoms with Crippen molar-refractivity contribution in [3.05, 3.63) is 41.5 Å². The Kier molecular flexibility index (Phi) is 5.42. The van der Waals surface area contributed by atoms with Crippen LogP contribution in [0.15, 0.2) is 34.7 Å². The van der Waals surface area contributed by atoms with Crippen molar-refractivity contribution in [3.63, 3.8) is 0 Å². The number of fused-ring (bicyclic) bond motifs is 3. The van der Waals surface area contributed by atoms with Crippen LogP contribution in [0.3, 0.4) is 0 Å². The lowest BCUT2D eigenvalue weighted by Gasteiger charge is -2.15. The van der Waals surface area contributed by atoms with Crippen LogP contribution in [0.25, 0.3) is 21.9 Å². The van der Waals surface area contributed by atoms with Crippen molar-refractivity contribution in [1.29, 1.82) is 0 Å². The van der Waals surface area contributed by atoms with Gasteiger partial charge in [-0.1, -0.05) is 44.9 Å². The van der Waals surface area contributed by atoms with E-state index in [1.807, 2.05) is 24.3 Å². The SMILES string of the molecule is CCCCc1cc2oc3ccccc3c2c(OC(C)=O)c1CCCC. The largest absolute Gasteiger partial charge is 0.456 e. The first kappa shape index (κ1) is 17.5. The minimum absolute atomic E-state index is 0.281. The molecule has 1 heterocycles. The van der Waals surface area contributed by atoms with Gasteiger partial charge < -0.3 is 9.15 Å². The molecule has 0 radical (unpaired) electrons. The number of esters is 1. The third-order valence-electron chi connectivity index (χ3n) is 4.64. The first-order valence-electron chi connectivity index (χ1n) is 9.30. The summed E-state index contributed by atoms with van der Waals surface area (Å²) in [7, 11) is 0. The molecular formula is C22H26O3. The summed E-state index contributed by atoms with van der Waals surface area (Å²) in [5.74, 6) is 0.423. The third kappa shape index (κ3) is 3.55. The van der Waals surface area contributed by atoms with Crippen LogP contribution in [0.1, 0.15) is 57.6 Å². The maximum Gasteiger partial charge on any atom is 0.308 e. The van der Waals surface area contributed by atoms with Gasteiger partial charge in [0.15, 0.2) is 0 Å². The first-order chi connectivity index (χ1) is 12.2. The van der Waals surface area contributed by atoms with Gasteiger partial charge in [0.1, 0.15) is 16.9 Å². The van der Waals surface area contributed by atoms with Crippen molar-refractivity contribution in [3.8, 4) is 5.75 Å². The van der Waals surface area contributed by atoms with Crippen LogP contribution < -0.4 is 4.74 Å². The zero-order valence-electron chi connectivity index (χ0n) is 15.4. The molecule has 0 bridgehead atoms. The highest BCUT2D eigenvalue weighted by Gasteiger charge is 2.20. The second kappa shape index (κ2) is 7.73. The van der Waals surface area contributed by atoms with E-state index in [-0.39, 0.29) is 5.97 Å². The van der Waals surface area contributed by atoms with Gasteiger partial charge in [-0.15, -0.1) is 0 Å². The molecule has 3 aromatic rings. The second-order valence-electron chi connectivity index (χ2n) is 6.62. The molecular weight excluding hydrogens is 312 g/mol. The average molecular weight is 338 g/mol. The van der Waals surface area contributed by atoms with Crippen LogP contribution in [0, 0.1) is 0 Å². The van der Waals surface area contributed by atoms with Gasteiger partial charge in [0.2, 0.25) is 0 Å². The normalized spacial score (nSPS) is 11.3. The lowest BCUT2D eigenvalue weighted by molar-refractivity contribution is -0.131. The predicted molar refractivity (Wildman–Crippen MR) is 102 cm³/mol. The molecule has 0 amide bonds. The number of carbonyl (C=O) groups is 1. The molecule has 3 nitrogen and oxygen atoms in total. The number of unbranched alkanes of at least 4 members (excludes halogenated alkanes) is 2. The van der Waals surface area contributed by atoms with Crippen LogP contribution in [0.2, 0.25) is 0 Å². The fraction of sp³-hybridized carbons (Fsp3) is 0.409. The number of hydrogen-bond donors (Lipinski definition) is 0. The van der Waals surface area contributed by atoms with Crippen LogP contribution in [-0.2, 0) is 17.6 Å². The van der Waals surface area contributed by atoms with Gasteiger partial charge in [-0.25, -0.2) is 0 Å². The van der Waals surface area contributed by atoms with Crippen LogP contribution in [0.5, 0.6) is 5.75 Å². The lowest BCUT2D eigenvalue weighted by Crippen LogP contribution is -2.07. The van der Waals surface area contributed by atoms with Gasteiger partial charge >= 0.3 is 5.97 Å². The Labute approximate surface area is 149 Å². The molecule has 0 aliphatic rings. The Balaban J connectivity index is 2.29. The smallest absolute Gasteiger partial charge is 0.308 e. The number of benzene rings is 2. The first-order valence-corrected chi connectivity index (χ1v) is 9.30. The van der Waals surface area contributed by atoms with E-state index in [0.717, 1.165) is 60.5 Å². The minimum Gasteiger partial charge on any atom is -0.456 e. The molecule has 2 aromatic carbocycles. The topological polar surface area (TPSA) is 39.4 Å². The third-order valence-corrected chi connectivity index (χ3v) is 4.64. The molecule has 0 aliphatic heterocycles. The Morgan fingerprint density at radius 2 is 1.76 bits per heavy atom. The van der Waals surface area contributed by atoms with E-state index in [9.17, 15) is 4.79 Å². The second-order valence-corrected chi connectivity index (χ2v) is 6.62. The summed E-state index contributed by atoms with van der Waals surface area (Å²) in [5, 5.41) is 1.94. The molecule has 132 valence electrons. The Hall–Kier alpha value is -2.29. The molecule has 0 N–H and O–H groups in total. The summed E-state index contributed by atoms with van der Waals surface area (Å²) in [6.45, 7) is 5.85. The summed E-state index contributed by atoms with van der Waals surface area (Å²) in [6, 6.07) is 10.1. The summed E-state index contributed by atoms with van der Waals surface area (Å²) in [6.07, 6.45) is 6.34. The Morgan fingerprint density at radius 1 is 1.04 bits per heavy atom. The lowest BCUT2D eigenvalue weighted by atomic mass is 9.94. The van der Waals surface area contributed by atoms with E-state index in [1.54, 1.807) is 0 Å². The number of ether oxygens (including phenoxy) is 1. The van der Waals surface area contributed by atoms with Crippen molar-refractivity contribution < 1.29 is 13.9 Å². The molecule has 0 saturated carbocycles. The fourth-order valence-electron chi connectivity index (χ4n) is 3.42. The van der Waals surface area contributed by atoms with E-state index < -0.39 is 0 Å². The number of furan rings is 1. The van der Waals surface area contributed by atoms with Crippen LogP contribution in [-0.4, -0.2) is 5.97 Å². The summed E-state index contributed by atoms with van der Waals surface area (Å²) >= 11 is 0. The number of para-hydroxylation sites is 1. The van der Waals surface area contributed by atoms with Crippen LogP contribution >= 0.6 is 0 Å². The van der Waals surface area contributed by atoms with Gasteiger partial charge in [0.05, 0.1) is 5.39 Å². The molecule has 1 aromatic heterocycles. The van der Waals surface area contributed by atoms with Crippen molar-refractivity contribution in [2.24, 2.45) is 0 Å². The molecule has 25 heavy (non-hydrogen) atoms. The van der Waals surface area contributed by atoms with Crippen molar-refractivity contribution in [2.75, 3.05) is 0 Å². The zero-order chi connectivity index (χ0) is 17.8. The van der Waals surface area contributed by atoms with Gasteiger partial charge in [0, 0.05) is 12.3 Å². The molecule has 0 unspecified atom stereocenters. The molecule has 0 fully saturated rings. The minimum atomic E-state index is -0.281. The summed E-state index contributed by atoms with van der Waals surface area (Å²) in [5.41, 5.74) is 4.06. The number of hydrogen-bond acceptors (Lipinski definition) is 3. The summed E-state index contributed by atoms with van der Waals surface area (Å²) < 4.78 is 11.8. The van der Waals surface area contributed by atoms with E-state index >= 15 is 0 Å². The van der Waals surface area contributed by atoms with E-state index in [0.29, 0.717) is 5.75 Å². The van der Waals surface area contributed by atoms with Gasteiger partial charge in [-0.3, -0.25) is 4.79 Å². The molecule has 3 heteroatoms. The van der Waals surface area contributed by atoms with E-state index in [1.165, 1.54) is 18.1 Å². The molecule has 0 atom stereocenters. The predicted octanol–water partition coefficient (Wildman–Crippen LogP) is 6.20. The summed E-state index contributed by atoms with van der Waals surface area (Å²) in [4.78, 5) is 11.8. The molecule has 0 aliphatic carbocycles. The highest BCUT2D eigenvalue weighted by molar-refractivity contribution is 6.09. The van der Waals surface area contributed by atoms with Gasteiger partial charge in [-0.05, 0) is 48.9 Å². The van der Waals surface area contributed by atoms with Crippen molar-refractivity contribution in [2.45, 2.75) is 59.3 Å². The standard InChI is InChI=1S/C22H26O3/c1-4-6-10-16-14-20-21(18-12-8-9-13-19(18)25-20)22(24-15(3)23)17(16)11-7-5-2/h8-9,12-14H,4-7,10-11H2,1-3H3. The van der Waals surface area contributed by atoms with E-state index in [4.69, 9.17) is 9.15 Å². The number of aryl methyl sites for hydroxylation is 1. The number of carbonyl (C=O) groups excluding carboxylic acids is 1. The highest BCUT2D eigenvalue weighted by Crippen LogP contribution is 2.41. The van der Waals surface area contributed by atoms with Crippen molar-refractivity contribution >= 4 is 27.9 Å². The number of rotatable bonds is 7. The highest BCUT2D eigenvalue weighted by atomic mass is 16.5. The maximum absolute atomic E-state index is 11.8. The maximum atomic E-state index is 11.8. The monoisotopic (exact) mass is 338 g/mol. The van der Waals surface area contributed by atoms with E-state index in [2.05, 4.69) is 19.9 Å². The van der Waals surface area contributed by atoms with Gasteiger partial charge in [-0.2, -0.15) is 0 Å². The molecule has 0 saturated heterocycles. The zero-order valence-corrected chi connectivity index (χ0v) is 15.4. The van der Waals surface area contributed by atoms with Gasteiger partial charge in [0.25, 0.3) is 0 Å². The fourth-order valence-corrected chi connectivity index (χ4v) is 3.42. The average Bonchev–Trinajstić information content (AvgIpc) is 2.96.